The Hall–Kier alpha value is -1.08. The molecular weight excluding hydrogens is 356 g/mol. The lowest BCUT2D eigenvalue weighted by Crippen LogP contribution is -2.36. The van der Waals surface area contributed by atoms with Crippen molar-refractivity contribution in [1.82, 2.24) is 0 Å². The van der Waals surface area contributed by atoms with Crippen molar-refractivity contribution >= 4 is 42.1 Å². The second-order valence-corrected chi connectivity index (χ2v) is 6.06. The molecule has 1 heterocycles. The van der Waals surface area contributed by atoms with E-state index in [9.17, 15) is 9.18 Å². The van der Waals surface area contributed by atoms with E-state index in [2.05, 4.69) is 10.2 Å². The van der Waals surface area contributed by atoms with Gasteiger partial charge in [0.1, 0.15) is 5.82 Å². The maximum atomic E-state index is 13.8. The molecule has 0 aromatic heterocycles. The van der Waals surface area contributed by atoms with Crippen LogP contribution in [-0.2, 0) is 9.53 Å². The number of carbonyl (C=O) groups excluding carboxylic acids is 1. The predicted octanol–water partition coefficient (Wildman–Crippen LogP) is 2.57. The van der Waals surface area contributed by atoms with Gasteiger partial charge in [-0.15, -0.1) is 24.8 Å². The van der Waals surface area contributed by atoms with Crippen molar-refractivity contribution < 1.29 is 13.9 Å². The average Bonchev–Trinajstić information content (AvgIpc) is 2.94. The van der Waals surface area contributed by atoms with E-state index in [4.69, 9.17) is 10.5 Å². The maximum absolute atomic E-state index is 13.8. The van der Waals surface area contributed by atoms with E-state index in [0.717, 1.165) is 31.6 Å². The topological polar surface area (TPSA) is 67.6 Å². The first-order chi connectivity index (χ1) is 10.6. The minimum Gasteiger partial charge on any atom is -0.378 e. The van der Waals surface area contributed by atoms with Gasteiger partial charge in [-0.05, 0) is 37.5 Å². The SMILES string of the molecule is Cl.Cl.NC1CCC(C(=O)Nc2cc(F)cc(N3CCOCC3)c2)C1. The highest BCUT2D eigenvalue weighted by Gasteiger charge is 2.28. The molecule has 0 radical (unpaired) electrons. The Morgan fingerprint density at radius 3 is 2.54 bits per heavy atom. The molecule has 1 aromatic rings. The predicted molar refractivity (Wildman–Crippen MR) is 97.9 cm³/mol. The van der Waals surface area contributed by atoms with Gasteiger partial charge in [-0.25, -0.2) is 4.39 Å². The molecule has 1 saturated carbocycles. The lowest BCUT2D eigenvalue weighted by Gasteiger charge is -2.29. The van der Waals surface area contributed by atoms with Crippen molar-refractivity contribution in [2.75, 3.05) is 36.5 Å². The van der Waals surface area contributed by atoms with E-state index >= 15 is 0 Å². The van der Waals surface area contributed by atoms with E-state index < -0.39 is 0 Å². The molecule has 1 aromatic carbocycles. The van der Waals surface area contributed by atoms with E-state index in [-0.39, 0.29) is 48.5 Å². The Morgan fingerprint density at radius 2 is 1.92 bits per heavy atom. The smallest absolute Gasteiger partial charge is 0.227 e. The van der Waals surface area contributed by atoms with Crippen LogP contribution in [0.2, 0.25) is 0 Å². The van der Waals surface area contributed by atoms with Gasteiger partial charge < -0.3 is 20.7 Å². The van der Waals surface area contributed by atoms with Gasteiger partial charge in [0.2, 0.25) is 5.91 Å². The van der Waals surface area contributed by atoms with Gasteiger partial charge in [0, 0.05) is 36.4 Å². The first-order valence-electron chi connectivity index (χ1n) is 7.81. The standard InChI is InChI=1S/C16H22FN3O2.2ClH/c17-12-8-14(19-16(21)11-1-2-13(18)7-11)10-15(9-12)20-3-5-22-6-4-20;;/h8-11,13H,1-7,18H2,(H,19,21);2*1H. The minimum atomic E-state index is -0.345. The number of benzene rings is 1. The van der Waals surface area contributed by atoms with Crippen LogP contribution in [0.4, 0.5) is 15.8 Å². The zero-order valence-corrected chi connectivity index (χ0v) is 15.0. The molecule has 1 saturated heterocycles. The quantitative estimate of drug-likeness (QED) is 0.846. The Morgan fingerprint density at radius 1 is 1.21 bits per heavy atom. The van der Waals surface area contributed by atoms with Crippen molar-refractivity contribution in [3.8, 4) is 0 Å². The molecule has 3 N–H and O–H groups in total. The van der Waals surface area contributed by atoms with Crippen molar-refractivity contribution in [3.05, 3.63) is 24.0 Å². The highest BCUT2D eigenvalue weighted by atomic mass is 35.5. The number of nitrogens with one attached hydrogen (secondary N) is 1. The highest BCUT2D eigenvalue weighted by molar-refractivity contribution is 5.93. The lowest BCUT2D eigenvalue weighted by molar-refractivity contribution is -0.119. The van der Waals surface area contributed by atoms with Crippen LogP contribution in [0.15, 0.2) is 18.2 Å². The maximum Gasteiger partial charge on any atom is 0.227 e. The van der Waals surface area contributed by atoms with Crippen molar-refractivity contribution in [3.63, 3.8) is 0 Å². The van der Waals surface area contributed by atoms with Gasteiger partial charge in [-0.2, -0.15) is 0 Å². The van der Waals surface area contributed by atoms with Crippen LogP contribution in [0.25, 0.3) is 0 Å². The number of hydrogen-bond acceptors (Lipinski definition) is 4. The van der Waals surface area contributed by atoms with Gasteiger partial charge >= 0.3 is 0 Å². The fraction of sp³-hybridized carbons (Fsp3) is 0.562. The number of hydrogen-bond donors (Lipinski definition) is 2. The molecule has 2 aliphatic rings. The number of anilines is 2. The van der Waals surface area contributed by atoms with Crippen molar-refractivity contribution in [1.29, 1.82) is 0 Å². The van der Waals surface area contributed by atoms with Crippen molar-refractivity contribution in [2.45, 2.75) is 25.3 Å². The molecule has 2 atom stereocenters. The fourth-order valence-electron chi connectivity index (χ4n) is 3.15. The van der Waals surface area contributed by atoms with Crippen LogP contribution in [0.5, 0.6) is 0 Å². The third kappa shape index (κ3) is 5.21. The third-order valence-electron chi connectivity index (χ3n) is 4.37. The number of nitrogens with two attached hydrogens (primary N) is 1. The number of morpholine rings is 1. The first kappa shape index (κ1) is 21.0. The van der Waals surface area contributed by atoms with Crippen LogP contribution < -0.4 is 16.0 Å². The second-order valence-electron chi connectivity index (χ2n) is 6.06. The third-order valence-corrected chi connectivity index (χ3v) is 4.37. The average molecular weight is 380 g/mol. The number of ether oxygens (including phenoxy) is 1. The molecule has 1 aliphatic heterocycles. The molecule has 1 aliphatic carbocycles. The van der Waals surface area contributed by atoms with E-state index in [1.54, 1.807) is 0 Å². The fourth-order valence-corrected chi connectivity index (χ4v) is 3.15. The van der Waals surface area contributed by atoms with Gasteiger partial charge in [0.15, 0.2) is 0 Å². The summed E-state index contributed by atoms with van der Waals surface area (Å²) in [7, 11) is 0. The normalized spacial score (nSPS) is 23.2. The zero-order chi connectivity index (χ0) is 15.5. The molecule has 3 rings (SSSR count). The molecule has 2 unspecified atom stereocenters. The molecule has 0 spiro atoms. The number of amides is 1. The summed E-state index contributed by atoms with van der Waals surface area (Å²) >= 11 is 0. The Kier molecular flexibility index (Phi) is 8.22. The summed E-state index contributed by atoms with van der Waals surface area (Å²) in [5, 5.41) is 2.83. The monoisotopic (exact) mass is 379 g/mol. The summed E-state index contributed by atoms with van der Waals surface area (Å²) in [5.74, 6) is -0.473. The van der Waals surface area contributed by atoms with Crippen molar-refractivity contribution in [2.24, 2.45) is 11.7 Å². The Bertz CT molecular complexity index is 556. The molecule has 8 heteroatoms. The molecule has 24 heavy (non-hydrogen) atoms. The summed E-state index contributed by atoms with van der Waals surface area (Å²) in [6.07, 6.45) is 2.39. The van der Waals surface area contributed by atoms with Gasteiger partial charge in [0.25, 0.3) is 0 Å². The molecule has 1 amide bonds. The highest BCUT2D eigenvalue weighted by Crippen LogP contribution is 2.27. The minimum absolute atomic E-state index is 0. The molecule has 5 nitrogen and oxygen atoms in total. The first-order valence-corrected chi connectivity index (χ1v) is 7.81. The number of rotatable bonds is 3. The molecular formula is C16H24Cl2FN3O2. The van der Waals surface area contributed by atoms with Gasteiger partial charge in [-0.1, -0.05) is 0 Å². The van der Waals surface area contributed by atoms with Crippen LogP contribution in [-0.4, -0.2) is 38.3 Å². The summed E-state index contributed by atoms with van der Waals surface area (Å²) in [5.41, 5.74) is 7.13. The lowest BCUT2D eigenvalue weighted by atomic mass is 10.1. The zero-order valence-electron chi connectivity index (χ0n) is 13.4. The Balaban J connectivity index is 0.00000144. The summed E-state index contributed by atoms with van der Waals surface area (Å²) in [6.45, 7) is 2.74. The summed E-state index contributed by atoms with van der Waals surface area (Å²) < 4.78 is 19.1. The Labute approximate surface area is 153 Å². The summed E-state index contributed by atoms with van der Waals surface area (Å²) in [4.78, 5) is 14.3. The van der Waals surface area contributed by atoms with Crippen LogP contribution in [0.3, 0.4) is 0 Å². The van der Waals surface area contributed by atoms with Crippen LogP contribution >= 0.6 is 24.8 Å². The van der Waals surface area contributed by atoms with Gasteiger partial charge in [0.05, 0.1) is 13.2 Å². The van der Waals surface area contributed by atoms with E-state index in [1.807, 2.05) is 6.07 Å². The largest absolute Gasteiger partial charge is 0.378 e. The van der Waals surface area contributed by atoms with E-state index in [1.165, 1.54) is 12.1 Å². The van der Waals surface area contributed by atoms with E-state index in [0.29, 0.717) is 25.3 Å². The van der Waals surface area contributed by atoms with Crippen LogP contribution in [0.1, 0.15) is 19.3 Å². The summed E-state index contributed by atoms with van der Waals surface area (Å²) in [6, 6.07) is 4.77. The van der Waals surface area contributed by atoms with Gasteiger partial charge in [-0.3, -0.25) is 4.79 Å². The molecule has 136 valence electrons. The van der Waals surface area contributed by atoms with Crippen LogP contribution in [0, 0.1) is 11.7 Å². The number of nitrogens with zero attached hydrogens (tertiary/aromatic N) is 1. The molecule has 2 fully saturated rings. The molecule has 0 bridgehead atoms. The second kappa shape index (κ2) is 9.42. The number of halogens is 3. The number of carbonyl (C=O) groups is 1.